The van der Waals surface area contributed by atoms with Gasteiger partial charge in [0.15, 0.2) is 9.84 Å². The Bertz CT molecular complexity index is 648. The minimum Gasteiger partial charge on any atom is -0.481 e. The van der Waals surface area contributed by atoms with E-state index in [4.69, 9.17) is 4.74 Å². The van der Waals surface area contributed by atoms with E-state index in [0.717, 1.165) is 5.56 Å². The summed E-state index contributed by atoms with van der Waals surface area (Å²) in [5.41, 5.74) is 0.924. The van der Waals surface area contributed by atoms with Crippen molar-refractivity contribution in [1.82, 2.24) is 15.2 Å². The van der Waals surface area contributed by atoms with Crippen LogP contribution in [0, 0.1) is 0 Å². The highest BCUT2D eigenvalue weighted by Crippen LogP contribution is 2.14. The zero-order valence-corrected chi connectivity index (χ0v) is 14.3. The van der Waals surface area contributed by atoms with Gasteiger partial charge in [0.25, 0.3) is 0 Å². The van der Waals surface area contributed by atoms with Gasteiger partial charge in [-0.25, -0.2) is 13.4 Å². The lowest BCUT2D eigenvalue weighted by molar-refractivity contribution is -0.122. The third kappa shape index (κ3) is 5.18. The summed E-state index contributed by atoms with van der Waals surface area (Å²) in [5, 5.41) is 2.83. The van der Waals surface area contributed by atoms with Crippen LogP contribution < -0.4 is 10.1 Å². The first-order chi connectivity index (χ1) is 10.9. The standard InChI is InChI=1S/C15H23N3O4S/c1-18-8-9-23(20,21)11-13(18)10-14(19)16-7-5-12-4-3-6-17-15(12)22-2/h3-4,6,13H,5,7-11H2,1-2H3,(H,16,19). The van der Waals surface area contributed by atoms with Crippen molar-refractivity contribution in [1.29, 1.82) is 0 Å². The molecule has 23 heavy (non-hydrogen) atoms. The molecule has 1 aliphatic rings. The lowest BCUT2D eigenvalue weighted by Crippen LogP contribution is -2.48. The molecular formula is C15H23N3O4S. The molecule has 1 fully saturated rings. The number of carbonyl (C=O) groups excluding carboxylic acids is 1. The number of hydrogen-bond donors (Lipinski definition) is 1. The van der Waals surface area contributed by atoms with Crippen molar-refractivity contribution in [3.63, 3.8) is 0 Å². The van der Waals surface area contributed by atoms with Crippen LogP contribution in [0.3, 0.4) is 0 Å². The molecule has 0 spiro atoms. The van der Waals surface area contributed by atoms with E-state index in [1.54, 1.807) is 13.3 Å². The van der Waals surface area contributed by atoms with Gasteiger partial charge in [0.05, 0.1) is 18.6 Å². The second-order valence-electron chi connectivity index (χ2n) is 5.72. The normalized spacial score (nSPS) is 20.9. The van der Waals surface area contributed by atoms with E-state index < -0.39 is 9.84 Å². The van der Waals surface area contributed by atoms with Crippen molar-refractivity contribution < 1.29 is 17.9 Å². The molecule has 0 bridgehead atoms. The van der Waals surface area contributed by atoms with Crippen LogP contribution in [0.2, 0.25) is 0 Å². The molecule has 0 saturated carbocycles. The maximum atomic E-state index is 12.0. The van der Waals surface area contributed by atoms with Gasteiger partial charge in [-0.1, -0.05) is 6.07 Å². The maximum absolute atomic E-state index is 12.0. The Labute approximate surface area is 137 Å². The van der Waals surface area contributed by atoms with E-state index in [9.17, 15) is 13.2 Å². The summed E-state index contributed by atoms with van der Waals surface area (Å²) >= 11 is 0. The summed E-state index contributed by atoms with van der Waals surface area (Å²) in [5.74, 6) is 0.636. The van der Waals surface area contributed by atoms with Crippen molar-refractivity contribution in [2.24, 2.45) is 0 Å². The Morgan fingerprint density at radius 1 is 1.52 bits per heavy atom. The predicted octanol–water partition coefficient (Wildman–Crippen LogP) is -0.132. The molecule has 1 aromatic heterocycles. The van der Waals surface area contributed by atoms with Gasteiger partial charge in [0, 0.05) is 37.3 Å². The SMILES string of the molecule is COc1ncccc1CCNC(=O)CC1CS(=O)(=O)CCN1C. The highest BCUT2D eigenvalue weighted by molar-refractivity contribution is 7.91. The molecule has 1 atom stereocenters. The summed E-state index contributed by atoms with van der Waals surface area (Å²) < 4.78 is 28.5. The number of nitrogens with one attached hydrogen (secondary N) is 1. The molecule has 1 N–H and O–H groups in total. The average Bonchev–Trinajstić information content (AvgIpc) is 2.51. The van der Waals surface area contributed by atoms with Gasteiger partial charge in [0.1, 0.15) is 0 Å². The fourth-order valence-electron chi connectivity index (χ4n) is 2.61. The summed E-state index contributed by atoms with van der Waals surface area (Å²) in [6.07, 6.45) is 2.46. The first-order valence-corrected chi connectivity index (χ1v) is 9.38. The molecule has 0 aliphatic carbocycles. The minimum atomic E-state index is -3.03. The Kier molecular flexibility index (Phi) is 5.95. The van der Waals surface area contributed by atoms with E-state index >= 15 is 0 Å². The van der Waals surface area contributed by atoms with Crippen LogP contribution >= 0.6 is 0 Å². The predicted molar refractivity (Wildman–Crippen MR) is 87.2 cm³/mol. The van der Waals surface area contributed by atoms with Gasteiger partial charge >= 0.3 is 0 Å². The topological polar surface area (TPSA) is 88.6 Å². The van der Waals surface area contributed by atoms with Crippen LogP contribution in [0.1, 0.15) is 12.0 Å². The van der Waals surface area contributed by atoms with Crippen LogP contribution in [0.5, 0.6) is 5.88 Å². The van der Waals surface area contributed by atoms with Crippen molar-refractivity contribution >= 4 is 15.7 Å². The van der Waals surface area contributed by atoms with Crippen LogP contribution in [0.4, 0.5) is 0 Å². The third-order valence-corrected chi connectivity index (χ3v) is 5.70. The molecule has 0 radical (unpaired) electrons. The molecule has 1 aliphatic heterocycles. The van der Waals surface area contributed by atoms with Crippen LogP contribution in [0.25, 0.3) is 0 Å². The largest absolute Gasteiger partial charge is 0.481 e. The van der Waals surface area contributed by atoms with Gasteiger partial charge in [-0.15, -0.1) is 0 Å². The third-order valence-electron chi connectivity index (χ3n) is 4.01. The fraction of sp³-hybridized carbons (Fsp3) is 0.600. The van der Waals surface area contributed by atoms with Gasteiger partial charge < -0.3 is 15.0 Å². The first kappa shape index (κ1) is 17.7. The molecule has 128 valence electrons. The number of aromatic nitrogens is 1. The molecule has 0 aromatic carbocycles. The monoisotopic (exact) mass is 341 g/mol. The van der Waals surface area contributed by atoms with Gasteiger partial charge in [-0.05, 0) is 19.5 Å². The molecule has 8 heteroatoms. The smallest absolute Gasteiger partial charge is 0.221 e. The Morgan fingerprint density at radius 2 is 2.30 bits per heavy atom. The van der Waals surface area contributed by atoms with Gasteiger partial charge in [-0.3, -0.25) is 4.79 Å². The second kappa shape index (κ2) is 7.74. The van der Waals surface area contributed by atoms with Crippen molar-refractivity contribution in [3.05, 3.63) is 23.9 Å². The number of carbonyl (C=O) groups is 1. The van der Waals surface area contributed by atoms with E-state index in [1.807, 2.05) is 24.1 Å². The summed E-state index contributed by atoms with van der Waals surface area (Å²) in [4.78, 5) is 18.1. The quantitative estimate of drug-likeness (QED) is 0.775. The zero-order valence-electron chi connectivity index (χ0n) is 13.5. The average molecular weight is 341 g/mol. The van der Waals surface area contributed by atoms with Crippen molar-refractivity contribution in [2.75, 3.05) is 38.8 Å². The molecular weight excluding hydrogens is 318 g/mol. The number of pyridine rings is 1. The number of ether oxygens (including phenoxy) is 1. The van der Waals surface area contributed by atoms with E-state index in [1.165, 1.54) is 0 Å². The molecule has 1 amide bonds. The highest BCUT2D eigenvalue weighted by atomic mass is 32.2. The molecule has 1 aromatic rings. The zero-order chi connectivity index (χ0) is 16.9. The lowest BCUT2D eigenvalue weighted by atomic mass is 10.1. The Hall–Kier alpha value is -1.67. The van der Waals surface area contributed by atoms with Crippen LogP contribution in [0.15, 0.2) is 18.3 Å². The lowest BCUT2D eigenvalue weighted by Gasteiger charge is -2.31. The molecule has 1 saturated heterocycles. The number of nitrogens with zero attached hydrogens (tertiary/aromatic N) is 2. The molecule has 2 rings (SSSR count). The van der Waals surface area contributed by atoms with Gasteiger partial charge in [-0.2, -0.15) is 0 Å². The fourth-order valence-corrected chi connectivity index (χ4v) is 4.30. The Morgan fingerprint density at radius 3 is 3.04 bits per heavy atom. The van der Waals surface area contributed by atoms with Crippen LogP contribution in [-0.4, -0.2) is 69.0 Å². The number of hydrogen-bond acceptors (Lipinski definition) is 6. The molecule has 2 heterocycles. The minimum absolute atomic E-state index is 0.0490. The Balaban J connectivity index is 1.81. The molecule has 1 unspecified atom stereocenters. The van der Waals surface area contributed by atoms with Crippen molar-refractivity contribution in [3.8, 4) is 5.88 Å². The van der Waals surface area contributed by atoms with E-state index in [0.29, 0.717) is 25.4 Å². The summed E-state index contributed by atoms with van der Waals surface area (Å²) in [6, 6.07) is 3.47. The van der Waals surface area contributed by atoms with Crippen LogP contribution in [-0.2, 0) is 21.1 Å². The number of sulfone groups is 1. The number of rotatable bonds is 6. The number of amides is 1. The van der Waals surface area contributed by atoms with Gasteiger partial charge in [0.2, 0.25) is 11.8 Å². The maximum Gasteiger partial charge on any atom is 0.221 e. The molecule has 7 nitrogen and oxygen atoms in total. The first-order valence-electron chi connectivity index (χ1n) is 7.56. The summed E-state index contributed by atoms with van der Waals surface area (Å²) in [6.45, 7) is 0.942. The number of methoxy groups -OCH3 is 1. The second-order valence-corrected chi connectivity index (χ2v) is 7.95. The van der Waals surface area contributed by atoms with E-state index in [-0.39, 0.29) is 29.9 Å². The van der Waals surface area contributed by atoms with E-state index in [2.05, 4.69) is 10.3 Å². The highest BCUT2D eigenvalue weighted by Gasteiger charge is 2.30. The summed E-state index contributed by atoms with van der Waals surface area (Å²) in [7, 11) is 0.384. The van der Waals surface area contributed by atoms with Crippen molar-refractivity contribution in [2.45, 2.75) is 18.9 Å².